The van der Waals surface area contributed by atoms with Gasteiger partial charge in [0.2, 0.25) is 10.0 Å². The molecule has 5 nitrogen and oxygen atoms in total. The second-order valence-corrected chi connectivity index (χ2v) is 7.73. The number of benzene rings is 2. The van der Waals surface area contributed by atoms with E-state index in [9.17, 15) is 8.42 Å². The van der Waals surface area contributed by atoms with Crippen molar-refractivity contribution >= 4 is 33.0 Å². The van der Waals surface area contributed by atoms with Crippen LogP contribution in [0, 0.1) is 0 Å². The van der Waals surface area contributed by atoms with Crippen molar-refractivity contribution in [1.29, 1.82) is 0 Å². The minimum atomic E-state index is -3.54. The third-order valence-electron chi connectivity index (χ3n) is 3.80. The maximum absolute atomic E-state index is 12.4. The summed E-state index contributed by atoms with van der Waals surface area (Å²) in [6.45, 7) is 2.97. The first kappa shape index (κ1) is 17.1. The molecule has 3 rings (SSSR count). The van der Waals surface area contributed by atoms with Crippen molar-refractivity contribution in [3.8, 4) is 0 Å². The number of nitrogens with zero attached hydrogens (tertiary/aromatic N) is 1. The molecule has 0 spiro atoms. The Bertz CT molecular complexity index is 805. The van der Waals surface area contributed by atoms with E-state index in [1.165, 1.54) is 0 Å². The molecule has 1 heterocycles. The highest BCUT2D eigenvalue weighted by atomic mass is 35.5. The van der Waals surface area contributed by atoms with Gasteiger partial charge in [0.1, 0.15) is 0 Å². The van der Waals surface area contributed by atoms with Crippen LogP contribution < -0.4 is 9.62 Å². The molecule has 7 heteroatoms. The van der Waals surface area contributed by atoms with Crippen molar-refractivity contribution in [2.75, 3.05) is 35.9 Å². The van der Waals surface area contributed by atoms with Crippen LogP contribution >= 0.6 is 11.6 Å². The van der Waals surface area contributed by atoms with Gasteiger partial charge in [-0.25, -0.2) is 8.42 Å². The van der Waals surface area contributed by atoms with E-state index in [4.69, 9.17) is 16.3 Å². The lowest BCUT2D eigenvalue weighted by molar-refractivity contribution is 0.122. The summed E-state index contributed by atoms with van der Waals surface area (Å²) in [4.78, 5) is 2.18. The minimum Gasteiger partial charge on any atom is -0.378 e. The zero-order chi connectivity index (χ0) is 17.0. The number of rotatable bonds is 5. The van der Waals surface area contributed by atoms with Crippen LogP contribution in [0.5, 0.6) is 0 Å². The Morgan fingerprint density at radius 2 is 1.83 bits per heavy atom. The molecule has 0 bridgehead atoms. The second-order valence-electron chi connectivity index (χ2n) is 5.60. The number of nitrogens with one attached hydrogen (secondary N) is 1. The molecule has 1 aliphatic rings. The van der Waals surface area contributed by atoms with Crippen molar-refractivity contribution in [1.82, 2.24) is 0 Å². The van der Waals surface area contributed by atoms with Crippen LogP contribution in [0.15, 0.2) is 48.5 Å². The van der Waals surface area contributed by atoms with Gasteiger partial charge in [0.05, 0.1) is 24.7 Å². The summed E-state index contributed by atoms with van der Waals surface area (Å²) in [5, 5.41) is 0.449. The molecule has 2 aromatic rings. The average molecular weight is 367 g/mol. The number of halogens is 1. The first-order valence-electron chi connectivity index (χ1n) is 7.70. The van der Waals surface area contributed by atoms with E-state index in [0.29, 0.717) is 29.5 Å². The maximum atomic E-state index is 12.4. The van der Waals surface area contributed by atoms with Gasteiger partial charge in [-0.05, 0) is 29.8 Å². The molecule has 0 aromatic heterocycles. The Hall–Kier alpha value is -1.76. The van der Waals surface area contributed by atoms with Crippen LogP contribution in [-0.2, 0) is 20.5 Å². The molecule has 1 fully saturated rings. The number of hydrogen-bond donors (Lipinski definition) is 1. The summed E-state index contributed by atoms with van der Waals surface area (Å²) < 4.78 is 32.8. The van der Waals surface area contributed by atoms with E-state index >= 15 is 0 Å². The van der Waals surface area contributed by atoms with Gasteiger partial charge in [0, 0.05) is 23.8 Å². The highest BCUT2D eigenvalue weighted by molar-refractivity contribution is 7.91. The molecule has 1 saturated heterocycles. The predicted octanol–water partition coefficient (Wildman–Crippen LogP) is 3.12. The molecule has 1 N–H and O–H groups in total. The Balaban J connectivity index is 1.74. The van der Waals surface area contributed by atoms with E-state index in [0.717, 1.165) is 18.8 Å². The summed E-state index contributed by atoms with van der Waals surface area (Å²) in [6.07, 6.45) is 0. The molecule has 0 amide bonds. The molecule has 128 valence electrons. The smallest absolute Gasteiger partial charge is 0.236 e. The van der Waals surface area contributed by atoms with Gasteiger partial charge >= 0.3 is 0 Å². The van der Waals surface area contributed by atoms with Gasteiger partial charge in [-0.2, -0.15) is 0 Å². The molecule has 0 unspecified atom stereocenters. The summed E-state index contributed by atoms with van der Waals surface area (Å²) >= 11 is 6.05. The normalized spacial score (nSPS) is 15.3. The number of anilines is 2. The SMILES string of the molecule is O=S(=O)(Cc1ccccc1Cl)Nc1cccc(N2CCOCC2)c1. The van der Waals surface area contributed by atoms with Crippen molar-refractivity contribution < 1.29 is 13.2 Å². The predicted molar refractivity (Wildman–Crippen MR) is 97.2 cm³/mol. The largest absolute Gasteiger partial charge is 0.378 e. The topological polar surface area (TPSA) is 58.6 Å². The zero-order valence-electron chi connectivity index (χ0n) is 13.1. The van der Waals surface area contributed by atoms with E-state index < -0.39 is 10.0 Å². The van der Waals surface area contributed by atoms with Crippen LogP contribution in [0.2, 0.25) is 5.02 Å². The number of ether oxygens (including phenoxy) is 1. The molecule has 24 heavy (non-hydrogen) atoms. The van der Waals surface area contributed by atoms with Crippen molar-refractivity contribution in [3.63, 3.8) is 0 Å². The third-order valence-corrected chi connectivity index (χ3v) is 5.41. The summed E-state index contributed by atoms with van der Waals surface area (Å²) in [5.74, 6) is -0.158. The molecular formula is C17H19ClN2O3S. The molecule has 0 radical (unpaired) electrons. The van der Waals surface area contributed by atoms with Crippen LogP contribution in [0.1, 0.15) is 5.56 Å². The summed E-state index contributed by atoms with van der Waals surface area (Å²) in [6, 6.07) is 14.4. The number of sulfonamides is 1. The fraction of sp³-hybridized carbons (Fsp3) is 0.294. The van der Waals surface area contributed by atoms with Crippen LogP contribution in [0.4, 0.5) is 11.4 Å². The van der Waals surface area contributed by atoms with E-state index in [-0.39, 0.29) is 5.75 Å². The summed E-state index contributed by atoms with van der Waals surface area (Å²) in [5.41, 5.74) is 2.11. The molecular weight excluding hydrogens is 348 g/mol. The average Bonchev–Trinajstić information content (AvgIpc) is 2.57. The summed E-state index contributed by atoms with van der Waals surface area (Å²) in [7, 11) is -3.54. The molecule has 0 aliphatic carbocycles. The zero-order valence-corrected chi connectivity index (χ0v) is 14.7. The first-order valence-corrected chi connectivity index (χ1v) is 9.73. The van der Waals surface area contributed by atoms with E-state index in [1.807, 2.05) is 18.2 Å². The number of hydrogen-bond acceptors (Lipinski definition) is 4. The monoisotopic (exact) mass is 366 g/mol. The van der Waals surface area contributed by atoms with Gasteiger partial charge < -0.3 is 9.64 Å². The van der Waals surface area contributed by atoms with Crippen molar-refractivity contribution in [2.24, 2.45) is 0 Å². The maximum Gasteiger partial charge on any atom is 0.236 e. The number of morpholine rings is 1. The first-order chi connectivity index (χ1) is 11.5. The van der Waals surface area contributed by atoms with Gasteiger partial charge in [0.25, 0.3) is 0 Å². The van der Waals surface area contributed by atoms with Gasteiger partial charge in [-0.15, -0.1) is 0 Å². The van der Waals surface area contributed by atoms with E-state index in [1.54, 1.807) is 30.3 Å². The van der Waals surface area contributed by atoms with Crippen LogP contribution in [-0.4, -0.2) is 34.7 Å². The lowest BCUT2D eigenvalue weighted by Crippen LogP contribution is -2.36. The standard InChI is InChI=1S/C17H19ClN2O3S/c18-17-7-2-1-4-14(17)13-24(21,22)19-15-5-3-6-16(12-15)20-8-10-23-11-9-20/h1-7,12,19H,8-11,13H2. The van der Waals surface area contributed by atoms with Crippen molar-refractivity contribution in [2.45, 2.75) is 5.75 Å². The Morgan fingerprint density at radius 1 is 1.08 bits per heavy atom. The molecule has 2 aromatic carbocycles. The van der Waals surface area contributed by atoms with Crippen LogP contribution in [0.3, 0.4) is 0 Å². The minimum absolute atomic E-state index is 0.158. The lowest BCUT2D eigenvalue weighted by atomic mass is 10.2. The van der Waals surface area contributed by atoms with Gasteiger partial charge in [0.15, 0.2) is 0 Å². The Kier molecular flexibility index (Phi) is 5.28. The highest BCUT2D eigenvalue weighted by Crippen LogP contribution is 2.23. The molecule has 1 aliphatic heterocycles. The molecule has 0 saturated carbocycles. The fourth-order valence-corrected chi connectivity index (χ4v) is 4.12. The third kappa shape index (κ3) is 4.41. The van der Waals surface area contributed by atoms with Gasteiger partial charge in [-0.3, -0.25) is 4.72 Å². The van der Waals surface area contributed by atoms with E-state index in [2.05, 4.69) is 9.62 Å². The second kappa shape index (κ2) is 7.42. The lowest BCUT2D eigenvalue weighted by Gasteiger charge is -2.29. The quantitative estimate of drug-likeness (QED) is 0.883. The Morgan fingerprint density at radius 3 is 2.58 bits per heavy atom. The Labute approximate surface area is 147 Å². The van der Waals surface area contributed by atoms with Crippen molar-refractivity contribution in [3.05, 3.63) is 59.1 Å². The van der Waals surface area contributed by atoms with Crippen LogP contribution in [0.25, 0.3) is 0 Å². The van der Waals surface area contributed by atoms with Gasteiger partial charge in [-0.1, -0.05) is 35.9 Å². The highest BCUT2D eigenvalue weighted by Gasteiger charge is 2.16. The fourth-order valence-electron chi connectivity index (χ4n) is 2.62. The molecule has 0 atom stereocenters.